The quantitative estimate of drug-likeness (QED) is 0.701. The van der Waals surface area contributed by atoms with Crippen molar-refractivity contribution < 1.29 is 4.79 Å². The van der Waals surface area contributed by atoms with Gasteiger partial charge in [-0.2, -0.15) is 5.10 Å². The van der Waals surface area contributed by atoms with Gasteiger partial charge in [0.25, 0.3) is 5.91 Å². The molecule has 23 heavy (non-hydrogen) atoms. The zero-order valence-corrected chi connectivity index (χ0v) is 14.6. The first-order valence-corrected chi connectivity index (χ1v) is 8.07. The first-order valence-electron chi connectivity index (χ1n) is 6.90. The monoisotopic (exact) mass is 389 g/mol. The van der Waals surface area contributed by atoms with Crippen LogP contribution in [0.3, 0.4) is 0 Å². The van der Waals surface area contributed by atoms with E-state index in [4.69, 9.17) is 11.6 Å². The summed E-state index contributed by atoms with van der Waals surface area (Å²) in [5.74, 6) is -0.243. The van der Waals surface area contributed by atoms with Crippen LogP contribution in [0.25, 0.3) is 11.3 Å². The summed E-state index contributed by atoms with van der Waals surface area (Å²) in [6.07, 6.45) is 1.88. The van der Waals surface area contributed by atoms with Gasteiger partial charge in [-0.05, 0) is 40.2 Å². The lowest BCUT2D eigenvalue weighted by molar-refractivity contribution is 0.102. The number of rotatable bonds is 3. The van der Waals surface area contributed by atoms with Gasteiger partial charge in [-0.15, -0.1) is 0 Å². The van der Waals surface area contributed by atoms with E-state index in [2.05, 4.69) is 26.3 Å². The lowest BCUT2D eigenvalue weighted by Crippen LogP contribution is -2.12. The zero-order valence-electron chi connectivity index (χ0n) is 12.3. The molecule has 0 spiro atoms. The fraction of sp³-hybridized carbons (Fsp3) is 0.0588. The van der Waals surface area contributed by atoms with E-state index in [0.29, 0.717) is 16.3 Å². The number of aryl methyl sites for hydroxylation is 1. The molecule has 4 nitrogen and oxygen atoms in total. The molecule has 0 bridgehead atoms. The van der Waals surface area contributed by atoms with Crippen LogP contribution in [-0.2, 0) is 7.05 Å². The molecule has 0 saturated carbocycles. The second-order valence-corrected chi connectivity index (χ2v) is 6.28. The molecule has 0 radical (unpaired) electrons. The number of amides is 1. The van der Waals surface area contributed by atoms with Gasteiger partial charge in [0.05, 0.1) is 15.1 Å². The van der Waals surface area contributed by atoms with Gasteiger partial charge in [0.1, 0.15) is 5.69 Å². The number of aromatic nitrogens is 2. The van der Waals surface area contributed by atoms with Gasteiger partial charge in [0, 0.05) is 24.5 Å². The van der Waals surface area contributed by atoms with Crippen molar-refractivity contribution in [2.45, 2.75) is 0 Å². The van der Waals surface area contributed by atoms with E-state index in [1.165, 1.54) is 0 Å². The van der Waals surface area contributed by atoms with Gasteiger partial charge < -0.3 is 5.32 Å². The number of halogens is 2. The summed E-state index contributed by atoms with van der Waals surface area (Å²) in [6.45, 7) is 0. The number of nitrogens with one attached hydrogen (secondary N) is 1. The number of carbonyl (C=O) groups is 1. The smallest absolute Gasteiger partial charge is 0.257 e. The van der Waals surface area contributed by atoms with Crippen LogP contribution in [0.2, 0.25) is 5.02 Å². The van der Waals surface area contributed by atoms with Crippen LogP contribution in [0.15, 0.2) is 59.2 Å². The number of hydrogen-bond acceptors (Lipinski definition) is 2. The minimum Gasteiger partial charge on any atom is -0.322 e. The van der Waals surface area contributed by atoms with E-state index in [-0.39, 0.29) is 5.91 Å². The molecular weight excluding hydrogens is 378 g/mol. The molecule has 116 valence electrons. The number of anilines is 1. The molecule has 0 fully saturated rings. The SMILES string of the molecule is Cn1cc(Br)c(-c2cccc(NC(=O)c3ccccc3Cl)c2)n1. The Morgan fingerprint density at radius 1 is 1.22 bits per heavy atom. The highest BCUT2D eigenvalue weighted by molar-refractivity contribution is 9.10. The molecule has 3 rings (SSSR count). The molecule has 2 aromatic carbocycles. The highest BCUT2D eigenvalue weighted by Gasteiger charge is 2.12. The van der Waals surface area contributed by atoms with E-state index >= 15 is 0 Å². The maximum absolute atomic E-state index is 12.3. The predicted molar refractivity (Wildman–Crippen MR) is 95.7 cm³/mol. The molecule has 0 aliphatic carbocycles. The number of nitrogens with zero attached hydrogens (tertiary/aromatic N) is 2. The summed E-state index contributed by atoms with van der Waals surface area (Å²) >= 11 is 9.54. The summed E-state index contributed by atoms with van der Waals surface area (Å²) < 4.78 is 2.63. The Morgan fingerprint density at radius 3 is 2.70 bits per heavy atom. The van der Waals surface area contributed by atoms with Crippen molar-refractivity contribution in [2.24, 2.45) is 7.05 Å². The first-order chi connectivity index (χ1) is 11.0. The Kier molecular flexibility index (Phi) is 4.50. The third-order valence-corrected chi connectivity index (χ3v) is 4.21. The van der Waals surface area contributed by atoms with Gasteiger partial charge in [0.2, 0.25) is 0 Å². The van der Waals surface area contributed by atoms with Gasteiger partial charge >= 0.3 is 0 Å². The zero-order chi connectivity index (χ0) is 16.4. The molecule has 1 amide bonds. The summed E-state index contributed by atoms with van der Waals surface area (Å²) in [5.41, 5.74) is 2.86. The summed E-state index contributed by atoms with van der Waals surface area (Å²) in [6, 6.07) is 14.5. The van der Waals surface area contributed by atoms with Gasteiger partial charge in [0.15, 0.2) is 0 Å². The number of hydrogen-bond donors (Lipinski definition) is 1. The van der Waals surface area contributed by atoms with E-state index < -0.39 is 0 Å². The van der Waals surface area contributed by atoms with Crippen LogP contribution in [0, 0.1) is 0 Å². The Balaban J connectivity index is 1.87. The van der Waals surface area contributed by atoms with Crippen LogP contribution in [0.1, 0.15) is 10.4 Å². The maximum Gasteiger partial charge on any atom is 0.257 e. The molecular formula is C17H13BrClN3O. The van der Waals surface area contributed by atoms with Crippen molar-refractivity contribution >= 4 is 39.1 Å². The topological polar surface area (TPSA) is 46.9 Å². The summed E-state index contributed by atoms with van der Waals surface area (Å²) in [4.78, 5) is 12.3. The fourth-order valence-electron chi connectivity index (χ4n) is 2.24. The van der Waals surface area contributed by atoms with Crippen LogP contribution in [0.4, 0.5) is 5.69 Å². The summed E-state index contributed by atoms with van der Waals surface area (Å²) in [7, 11) is 1.86. The predicted octanol–water partition coefficient (Wildman–Crippen LogP) is 4.76. The minimum atomic E-state index is -0.243. The molecule has 0 unspecified atom stereocenters. The van der Waals surface area contributed by atoms with E-state index in [1.54, 1.807) is 28.9 Å². The Hall–Kier alpha value is -2.11. The molecule has 0 atom stereocenters. The standard InChI is InChI=1S/C17H13BrClN3O/c1-22-10-14(18)16(21-22)11-5-4-6-12(9-11)20-17(23)13-7-2-3-8-15(13)19/h2-10H,1H3,(H,20,23). The van der Waals surface area contributed by atoms with Crippen molar-refractivity contribution in [1.29, 1.82) is 0 Å². The van der Waals surface area contributed by atoms with Crippen LogP contribution in [-0.4, -0.2) is 15.7 Å². The molecule has 1 aromatic heterocycles. The van der Waals surface area contributed by atoms with Crippen molar-refractivity contribution in [1.82, 2.24) is 9.78 Å². The van der Waals surface area contributed by atoms with Crippen LogP contribution >= 0.6 is 27.5 Å². The molecule has 0 aliphatic heterocycles. The molecule has 0 saturated heterocycles. The lowest BCUT2D eigenvalue weighted by Gasteiger charge is -2.08. The average molecular weight is 391 g/mol. The van der Waals surface area contributed by atoms with E-state index in [0.717, 1.165) is 15.7 Å². The Bertz CT molecular complexity index is 876. The fourth-order valence-corrected chi connectivity index (χ4v) is 3.07. The van der Waals surface area contributed by atoms with Gasteiger partial charge in [-0.25, -0.2) is 0 Å². The van der Waals surface area contributed by atoms with Gasteiger partial charge in [-0.1, -0.05) is 35.9 Å². The molecule has 1 N–H and O–H groups in total. The van der Waals surface area contributed by atoms with Crippen LogP contribution in [0.5, 0.6) is 0 Å². The molecule has 0 aliphatic rings. The van der Waals surface area contributed by atoms with E-state index in [9.17, 15) is 4.79 Å². The number of benzene rings is 2. The second-order valence-electron chi connectivity index (χ2n) is 5.01. The third kappa shape index (κ3) is 3.46. The second kappa shape index (κ2) is 6.56. The Labute approximate surface area is 147 Å². The minimum absolute atomic E-state index is 0.243. The van der Waals surface area contributed by atoms with Crippen molar-refractivity contribution in [3.05, 3.63) is 69.8 Å². The third-order valence-electron chi connectivity index (χ3n) is 3.30. The van der Waals surface area contributed by atoms with Crippen molar-refractivity contribution in [3.8, 4) is 11.3 Å². The normalized spacial score (nSPS) is 10.6. The Morgan fingerprint density at radius 2 is 2.00 bits per heavy atom. The molecule has 1 heterocycles. The largest absolute Gasteiger partial charge is 0.322 e. The van der Waals surface area contributed by atoms with Gasteiger partial charge in [-0.3, -0.25) is 9.48 Å². The average Bonchev–Trinajstić information content (AvgIpc) is 2.86. The highest BCUT2D eigenvalue weighted by Crippen LogP contribution is 2.28. The highest BCUT2D eigenvalue weighted by atomic mass is 79.9. The molecule has 3 aromatic rings. The van der Waals surface area contributed by atoms with Crippen LogP contribution < -0.4 is 5.32 Å². The lowest BCUT2D eigenvalue weighted by atomic mass is 10.1. The van der Waals surface area contributed by atoms with Crippen molar-refractivity contribution in [2.75, 3.05) is 5.32 Å². The van der Waals surface area contributed by atoms with E-state index in [1.807, 2.05) is 37.5 Å². The first kappa shape index (κ1) is 15.8. The summed E-state index contributed by atoms with van der Waals surface area (Å²) in [5, 5.41) is 7.70. The molecule has 6 heteroatoms. The number of carbonyl (C=O) groups excluding carboxylic acids is 1. The maximum atomic E-state index is 12.3. The van der Waals surface area contributed by atoms with Crippen molar-refractivity contribution in [3.63, 3.8) is 0 Å².